The van der Waals surface area contributed by atoms with Crippen molar-refractivity contribution >= 4 is 21.0 Å². The van der Waals surface area contributed by atoms with Crippen molar-refractivity contribution < 1.29 is 17.0 Å². The van der Waals surface area contributed by atoms with Gasteiger partial charge in [0.2, 0.25) is 0 Å². The van der Waals surface area contributed by atoms with Crippen molar-refractivity contribution in [3.63, 3.8) is 0 Å². The van der Waals surface area contributed by atoms with Crippen LogP contribution in [0.2, 0.25) is 0 Å². The number of fused-ring (bicyclic) bond motifs is 1. The Kier molecular flexibility index (Phi) is 3.68. The van der Waals surface area contributed by atoms with E-state index in [1.54, 1.807) is 18.3 Å². The first kappa shape index (κ1) is 13.0. The van der Waals surface area contributed by atoms with Crippen molar-refractivity contribution in [3.05, 3.63) is 35.8 Å². The third-order valence-electron chi connectivity index (χ3n) is 2.62. The molecule has 0 amide bonds. The summed E-state index contributed by atoms with van der Waals surface area (Å²) in [5, 5.41) is 0.567. The number of nitrogens with one attached hydrogen (secondary N) is 1. The first-order valence-electron chi connectivity index (χ1n) is 5.56. The molecular formula is C12H14FNO3S. The fourth-order valence-corrected chi connectivity index (χ4v) is 2.30. The first-order chi connectivity index (χ1) is 8.47. The van der Waals surface area contributed by atoms with Gasteiger partial charge in [-0.1, -0.05) is 6.07 Å². The average Bonchev–Trinajstić information content (AvgIpc) is 2.68. The highest BCUT2D eigenvalue weighted by Gasteiger charge is 2.08. The molecule has 0 atom stereocenters. The predicted molar refractivity (Wildman–Crippen MR) is 67.4 cm³/mol. The van der Waals surface area contributed by atoms with Crippen LogP contribution in [-0.2, 0) is 20.7 Å². The zero-order valence-electron chi connectivity index (χ0n) is 9.94. The maximum Gasteiger partial charge on any atom is 0.264 e. The van der Waals surface area contributed by atoms with Crippen LogP contribution in [-0.4, -0.2) is 26.3 Å². The summed E-state index contributed by atoms with van der Waals surface area (Å²) in [4.78, 5) is 2.99. The van der Waals surface area contributed by atoms with Crippen LogP contribution in [0.15, 0.2) is 24.4 Å². The van der Waals surface area contributed by atoms with Gasteiger partial charge < -0.3 is 4.98 Å². The third kappa shape index (κ3) is 3.08. The van der Waals surface area contributed by atoms with Crippen LogP contribution in [0.5, 0.6) is 0 Å². The molecule has 0 unspecified atom stereocenters. The number of halogens is 1. The van der Waals surface area contributed by atoms with Crippen LogP contribution < -0.4 is 0 Å². The van der Waals surface area contributed by atoms with E-state index in [0.717, 1.165) is 17.3 Å². The molecule has 0 aliphatic heterocycles. The highest BCUT2D eigenvalue weighted by molar-refractivity contribution is 7.85. The van der Waals surface area contributed by atoms with E-state index in [1.807, 2.05) is 0 Å². The Morgan fingerprint density at radius 3 is 2.89 bits per heavy atom. The molecule has 2 aromatic rings. The standard InChI is InChI=1S/C12H14FNO3S/c1-18(15,16)17-7-3-4-9-8-14-11-6-2-5-10(13)12(9)11/h2,5-6,8,14H,3-4,7H2,1H3. The van der Waals surface area contributed by atoms with Crippen LogP contribution in [0, 0.1) is 5.82 Å². The van der Waals surface area contributed by atoms with Gasteiger partial charge in [-0.25, -0.2) is 4.39 Å². The number of benzene rings is 1. The minimum absolute atomic E-state index is 0.111. The van der Waals surface area contributed by atoms with E-state index >= 15 is 0 Å². The fraction of sp³-hybridized carbons (Fsp3) is 0.333. The SMILES string of the molecule is CS(=O)(=O)OCCCc1c[nH]c2cccc(F)c12. The molecule has 0 radical (unpaired) electrons. The van der Waals surface area contributed by atoms with Crippen molar-refractivity contribution in [1.82, 2.24) is 4.98 Å². The number of aromatic amines is 1. The molecule has 6 heteroatoms. The van der Waals surface area contributed by atoms with Gasteiger partial charge in [0, 0.05) is 17.1 Å². The monoisotopic (exact) mass is 271 g/mol. The number of hydrogen-bond acceptors (Lipinski definition) is 3. The van der Waals surface area contributed by atoms with Gasteiger partial charge in [-0.15, -0.1) is 0 Å². The Bertz CT molecular complexity index is 648. The summed E-state index contributed by atoms with van der Waals surface area (Å²) in [6, 6.07) is 4.85. The van der Waals surface area contributed by atoms with Crippen LogP contribution in [0.1, 0.15) is 12.0 Å². The second kappa shape index (κ2) is 5.07. The predicted octanol–water partition coefficient (Wildman–Crippen LogP) is 2.22. The molecule has 0 spiro atoms. The van der Waals surface area contributed by atoms with Crippen LogP contribution in [0.3, 0.4) is 0 Å². The smallest absolute Gasteiger partial charge is 0.264 e. The minimum Gasteiger partial charge on any atom is -0.361 e. The molecule has 0 saturated heterocycles. The van der Waals surface area contributed by atoms with Gasteiger partial charge in [0.25, 0.3) is 10.1 Å². The van der Waals surface area contributed by atoms with E-state index in [4.69, 9.17) is 0 Å². The van der Waals surface area contributed by atoms with Crippen molar-refractivity contribution in [2.24, 2.45) is 0 Å². The maximum atomic E-state index is 13.6. The zero-order chi connectivity index (χ0) is 13.2. The lowest BCUT2D eigenvalue weighted by atomic mass is 10.1. The normalized spacial score (nSPS) is 12.1. The lowest BCUT2D eigenvalue weighted by molar-refractivity contribution is 0.316. The molecule has 0 aliphatic carbocycles. The van der Waals surface area contributed by atoms with Gasteiger partial charge >= 0.3 is 0 Å². The molecule has 1 N–H and O–H groups in total. The van der Waals surface area contributed by atoms with Gasteiger partial charge in [-0.05, 0) is 30.5 Å². The third-order valence-corrected chi connectivity index (χ3v) is 3.22. The van der Waals surface area contributed by atoms with Crippen molar-refractivity contribution in [2.75, 3.05) is 12.9 Å². The molecule has 1 aromatic heterocycles. The first-order valence-corrected chi connectivity index (χ1v) is 7.38. The van der Waals surface area contributed by atoms with E-state index in [0.29, 0.717) is 18.2 Å². The molecule has 2 rings (SSSR count). The molecule has 98 valence electrons. The fourth-order valence-electron chi connectivity index (χ4n) is 1.88. The summed E-state index contributed by atoms with van der Waals surface area (Å²) >= 11 is 0. The Morgan fingerprint density at radius 1 is 1.39 bits per heavy atom. The summed E-state index contributed by atoms with van der Waals surface area (Å²) in [5.41, 5.74) is 1.58. The van der Waals surface area contributed by atoms with Crippen molar-refractivity contribution in [3.8, 4) is 0 Å². The number of hydrogen-bond donors (Lipinski definition) is 1. The van der Waals surface area contributed by atoms with Crippen molar-refractivity contribution in [2.45, 2.75) is 12.8 Å². The molecule has 0 saturated carbocycles. The van der Waals surface area contributed by atoms with E-state index in [1.165, 1.54) is 6.07 Å². The summed E-state index contributed by atoms with van der Waals surface area (Å²) < 4.78 is 39.8. The Labute approximate surface area is 105 Å². The number of H-pyrrole nitrogens is 1. The van der Waals surface area contributed by atoms with Crippen molar-refractivity contribution in [1.29, 1.82) is 0 Å². The van der Waals surface area contributed by atoms with Crippen LogP contribution in [0.4, 0.5) is 4.39 Å². The molecular weight excluding hydrogens is 257 g/mol. The molecule has 18 heavy (non-hydrogen) atoms. The van der Waals surface area contributed by atoms with Gasteiger partial charge in [-0.2, -0.15) is 8.42 Å². The molecule has 0 bridgehead atoms. The topological polar surface area (TPSA) is 59.2 Å². The summed E-state index contributed by atoms with van der Waals surface area (Å²) in [6.45, 7) is 0.111. The molecule has 4 nitrogen and oxygen atoms in total. The molecule has 1 aromatic carbocycles. The molecule has 1 heterocycles. The van der Waals surface area contributed by atoms with Gasteiger partial charge in [0.1, 0.15) is 5.82 Å². The van der Waals surface area contributed by atoms with E-state index < -0.39 is 10.1 Å². The van der Waals surface area contributed by atoms with E-state index in [9.17, 15) is 12.8 Å². The molecule has 0 aliphatic rings. The van der Waals surface area contributed by atoms with Crippen LogP contribution in [0.25, 0.3) is 10.9 Å². The molecule has 0 fully saturated rings. The second-order valence-corrected chi connectivity index (χ2v) is 5.75. The number of aryl methyl sites for hydroxylation is 1. The van der Waals surface area contributed by atoms with Crippen LogP contribution >= 0.6 is 0 Å². The van der Waals surface area contributed by atoms with E-state index in [-0.39, 0.29) is 12.4 Å². The highest BCUT2D eigenvalue weighted by Crippen LogP contribution is 2.22. The summed E-state index contributed by atoms with van der Waals surface area (Å²) in [5.74, 6) is -0.271. The largest absolute Gasteiger partial charge is 0.361 e. The lowest BCUT2D eigenvalue weighted by Gasteiger charge is -2.01. The second-order valence-electron chi connectivity index (χ2n) is 4.11. The number of rotatable bonds is 5. The summed E-state index contributed by atoms with van der Waals surface area (Å²) in [6.07, 6.45) is 3.84. The Morgan fingerprint density at radius 2 is 2.17 bits per heavy atom. The van der Waals surface area contributed by atoms with Gasteiger partial charge in [-0.3, -0.25) is 4.18 Å². The number of aromatic nitrogens is 1. The van der Waals surface area contributed by atoms with Gasteiger partial charge in [0.15, 0.2) is 0 Å². The highest BCUT2D eigenvalue weighted by atomic mass is 32.2. The maximum absolute atomic E-state index is 13.6. The minimum atomic E-state index is -3.40. The Balaban J connectivity index is 2.04. The Hall–Kier alpha value is -1.40. The lowest BCUT2D eigenvalue weighted by Crippen LogP contribution is -2.04. The zero-order valence-corrected chi connectivity index (χ0v) is 10.8. The summed E-state index contributed by atoms with van der Waals surface area (Å²) in [7, 11) is -3.40. The van der Waals surface area contributed by atoms with Gasteiger partial charge in [0.05, 0.1) is 12.9 Å². The van der Waals surface area contributed by atoms with E-state index in [2.05, 4.69) is 9.17 Å². The average molecular weight is 271 g/mol. The quantitative estimate of drug-likeness (QED) is 0.670.